The number of sulfonamides is 1. The molecule has 0 heterocycles. The molecular formula is C14H18FNO3S. The molecule has 0 unspecified atom stereocenters. The van der Waals surface area contributed by atoms with Crippen LogP contribution in [-0.2, 0) is 14.8 Å². The van der Waals surface area contributed by atoms with E-state index >= 15 is 0 Å². The van der Waals surface area contributed by atoms with Crippen LogP contribution in [0.1, 0.15) is 36.8 Å². The van der Waals surface area contributed by atoms with E-state index in [4.69, 9.17) is 0 Å². The summed E-state index contributed by atoms with van der Waals surface area (Å²) >= 11 is 0. The average Bonchev–Trinajstić information content (AvgIpc) is 2.30. The van der Waals surface area contributed by atoms with Crippen molar-refractivity contribution in [2.75, 3.05) is 0 Å². The molecule has 0 spiro atoms. The molecule has 1 aromatic carbocycles. The quantitative estimate of drug-likeness (QED) is 0.931. The summed E-state index contributed by atoms with van der Waals surface area (Å²) in [4.78, 5) is 11.3. The maximum atomic E-state index is 13.2. The van der Waals surface area contributed by atoms with Gasteiger partial charge in [-0.2, -0.15) is 0 Å². The first-order valence-corrected chi connectivity index (χ1v) is 8.08. The van der Waals surface area contributed by atoms with Gasteiger partial charge in [-0.25, -0.2) is 17.5 Å². The van der Waals surface area contributed by atoms with Gasteiger partial charge in [0.05, 0.1) is 4.90 Å². The topological polar surface area (TPSA) is 63.2 Å². The highest BCUT2D eigenvalue weighted by Crippen LogP contribution is 2.23. The number of aryl methyl sites for hydroxylation is 2. The summed E-state index contributed by atoms with van der Waals surface area (Å²) in [7, 11) is -3.68. The number of carbonyl (C=O) groups excluding carboxylic acids is 1. The number of nitrogens with one attached hydrogen (secondary N) is 1. The first-order chi connectivity index (χ1) is 9.29. The summed E-state index contributed by atoms with van der Waals surface area (Å²) in [6.45, 7) is 3.16. The summed E-state index contributed by atoms with van der Waals surface area (Å²) in [5.74, 6) is -0.267. The molecule has 0 atom stereocenters. The molecule has 0 amide bonds. The Morgan fingerprint density at radius 2 is 1.65 bits per heavy atom. The van der Waals surface area contributed by atoms with Crippen LogP contribution in [-0.4, -0.2) is 20.2 Å². The van der Waals surface area contributed by atoms with E-state index in [2.05, 4.69) is 4.72 Å². The van der Waals surface area contributed by atoms with Gasteiger partial charge in [0.15, 0.2) is 0 Å². The molecule has 0 saturated heterocycles. The molecule has 0 bridgehead atoms. The summed E-state index contributed by atoms with van der Waals surface area (Å²) in [6.07, 6.45) is 1.87. The second-order valence-electron chi connectivity index (χ2n) is 5.30. The molecule has 1 N–H and O–H groups in total. The lowest BCUT2D eigenvalue weighted by Crippen LogP contribution is -2.38. The van der Waals surface area contributed by atoms with Crippen molar-refractivity contribution < 1.29 is 17.6 Å². The van der Waals surface area contributed by atoms with E-state index in [0.717, 1.165) is 0 Å². The van der Waals surface area contributed by atoms with E-state index in [9.17, 15) is 17.6 Å². The lowest BCUT2D eigenvalue weighted by Gasteiger charge is -2.23. The molecule has 20 heavy (non-hydrogen) atoms. The number of Topliss-reactive ketones (excluding diaryl/α,β-unsaturated/α-hetero) is 1. The van der Waals surface area contributed by atoms with E-state index in [1.54, 1.807) is 13.8 Å². The Hall–Kier alpha value is -1.27. The second-order valence-corrected chi connectivity index (χ2v) is 6.95. The van der Waals surface area contributed by atoms with E-state index in [1.807, 2.05) is 0 Å². The Morgan fingerprint density at radius 3 is 2.15 bits per heavy atom. The van der Waals surface area contributed by atoms with Crippen LogP contribution in [0.15, 0.2) is 17.0 Å². The maximum absolute atomic E-state index is 13.2. The molecule has 1 saturated carbocycles. The Labute approximate surface area is 118 Å². The van der Waals surface area contributed by atoms with Gasteiger partial charge >= 0.3 is 0 Å². The van der Waals surface area contributed by atoms with Crippen molar-refractivity contribution in [2.24, 2.45) is 0 Å². The zero-order valence-electron chi connectivity index (χ0n) is 11.6. The van der Waals surface area contributed by atoms with Gasteiger partial charge in [0.2, 0.25) is 10.0 Å². The Kier molecular flexibility index (Phi) is 4.25. The lowest BCUT2D eigenvalue weighted by molar-refractivity contribution is -0.120. The van der Waals surface area contributed by atoms with Gasteiger partial charge in [-0.3, -0.25) is 4.79 Å². The minimum Gasteiger partial charge on any atom is -0.300 e. The highest BCUT2D eigenvalue weighted by molar-refractivity contribution is 7.89. The van der Waals surface area contributed by atoms with E-state index in [0.29, 0.717) is 36.8 Å². The zero-order valence-corrected chi connectivity index (χ0v) is 12.4. The van der Waals surface area contributed by atoms with Crippen LogP contribution in [0.25, 0.3) is 0 Å². The third kappa shape index (κ3) is 3.24. The van der Waals surface area contributed by atoms with Gasteiger partial charge in [0, 0.05) is 18.9 Å². The number of hydrogen-bond donors (Lipinski definition) is 1. The molecule has 0 aromatic heterocycles. The molecule has 1 aliphatic carbocycles. The molecule has 0 radical (unpaired) electrons. The van der Waals surface area contributed by atoms with Crippen LogP contribution in [0, 0.1) is 19.7 Å². The summed E-state index contributed by atoms with van der Waals surface area (Å²) in [6, 6.07) is 2.21. The fourth-order valence-corrected chi connectivity index (χ4v) is 4.42. The normalized spacial score (nSPS) is 17.4. The van der Waals surface area contributed by atoms with Crippen LogP contribution < -0.4 is 4.72 Å². The van der Waals surface area contributed by atoms with Gasteiger partial charge in [-0.05, 0) is 49.9 Å². The number of hydrogen-bond acceptors (Lipinski definition) is 3. The predicted molar refractivity (Wildman–Crippen MR) is 73.5 cm³/mol. The van der Waals surface area contributed by atoms with Crippen molar-refractivity contribution in [3.05, 3.63) is 29.1 Å². The maximum Gasteiger partial charge on any atom is 0.241 e. The monoisotopic (exact) mass is 299 g/mol. The van der Waals surface area contributed by atoms with Crippen LogP contribution in [0.2, 0.25) is 0 Å². The first-order valence-electron chi connectivity index (χ1n) is 6.60. The highest BCUT2D eigenvalue weighted by atomic mass is 32.2. The van der Waals surface area contributed by atoms with E-state index < -0.39 is 15.8 Å². The standard InChI is InChI=1S/C14H18FNO3S/c1-9-7-11(15)8-10(2)14(9)20(18,19)16-12-3-5-13(17)6-4-12/h7-8,12,16H,3-6H2,1-2H3. The fourth-order valence-electron chi connectivity index (χ4n) is 2.66. The van der Waals surface area contributed by atoms with Crippen molar-refractivity contribution in [1.82, 2.24) is 4.72 Å². The number of rotatable bonds is 3. The molecular weight excluding hydrogens is 281 g/mol. The van der Waals surface area contributed by atoms with Gasteiger partial charge in [-0.15, -0.1) is 0 Å². The van der Waals surface area contributed by atoms with Crippen molar-refractivity contribution in [1.29, 1.82) is 0 Å². The van der Waals surface area contributed by atoms with Crippen molar-refractivity contribution in [3.8, 4) is 0 Å². The molecule has 0 aliphatic heterocycles. The molecule has 2 rings (SSSR count). The predicted octanol–water partition coefficient (Wildman–Crippen LogP) is 2.23. The fraction of sp³-hybridized carbons (Fsp3) is 0.500. The Morgan fingerprint density at radius 1 is 1.15 bits per heavy atom. The second kappa shape index (κ2) is 5.61. The molecule has 1 fully saturated rings. The van der Waals surface area contributed by atoms with Crippen LogP contribution in [0.4, 0.5) is 4.39 Å². The largest absolute Gasteiger partial charge is 0.300 e. The zero-order chi connectivity index (χ0) is 14.9. The van der Waals surface area contributed by atoms with E-state index in [-0.39, 0.29) is 16.7 Å². The number of carbonyl (C=O) groups is 1. The van der Waals surface area contributed by atoms with Crippen molar-refractivity contribution >= 4 is 15.8 Å². The number of ketones is 1. The smallest absolute Gasteiger partial charge is 0.241 e. The van der Waals surface area contributed by atoms with Gasteiger partial charge in [0.1, 0.15) is 11.6 Å². The van der Waals surface area contributed by atoms with Gasteiger partial charge < -0.3 is 0 Å². The summed E-state index contributed by atoms with van der Waals surface area (Å²) in [5.41, 5.74) is 0.781. The average molecular weight is 299 g/mol. The third-order valence-electron chi connectivity index (χ3n) is 3.56. The van der Waals surface area contributed by atoms with E-state index in [1.165, 1.54) is 12.1 Å². The minimum atomic E-state index is -3.68. The highest BCUT2D eigenvalue weighted by Gasteiger charge is 2.26. The summed E-state index contributed by atoms with van der Waals surface area (Å²) in [5, 5.41) is 0. The molecule has 1 aromatic rings. The molecule has 6 heteroatoms. The third-order valence-corrected chi connectivity index (χ3v) is 5.38. The van der Waals surface area contributed by atoms with Crippen molar-refractivity contribution in [2.45, 2.75) is 50.5 Å². The summed E-state index contributed by atoms with van der Waals surface area (Å²) < 4.78 is 40.7. The van der Waals surface area contributed by atoms with Gasteiger partial charge in [0.25, 0.3) is 0 Å². The SMILES string of the molecule is Cc1cc(F)cc(C)c1S(=O)(=O)NC1CCC(=O)CC1. The Balaban J connectivity index is 2.25. The van der Waals surface area contributed by atoms with Crippen LogP contribution >= 0.6 is 0 Å². The van der Waals surface area contributed by atoms with Crippen LogP contribution in [0.5, 0.6) is 0 Å². The van der Waals surface area contributed by atoms with Gasteiger partial charge in [-0.1, -0.05) is 0 Å². The Bertz CT molecular complexity index is 607. The molecule has 110 valence electrons. The number of benzene rings is 1. The van der Waals surface area contributed by atoms with Crippen LogP contribution in [0.3, 0.4) is 0 Å². The number of halogens is 1. The molecule has 1 aliphatic rings. The minimum absolute atomic E-state index is 0.135. The first kappa shape index (κ1) is 15.1. The van der Waals surface area contributed by atoms with Crippen molar-refractivity contribution in [3.63, 3.8) is 0 Å². The lowest BCUT2D eigenvalue weighted by atomic mass is 9.95. The molecule has 4 nitrogen and oxygen atoms in total.